The summed E-state index contributed by atoms with van der Waals surface area (Å²) in [6.45, 7) is 5.51. The maximum absolute atomic E-state index is 14.0. The van der Waals surface area contributed by atoms with E-state index in [1.54, 1.807) is 9.80 Å². The Hall–Kier alpha value is -2.40. The summed E-state index contributed by atoms with van der Waals surface area (Å²) >= 11 is 5.73. The highest BCUT2D eigenvalue weighted by Crippen LogP contribution is 2.18. The third-order valence-corrected chi connectivity index (χ3v) is 4.72. The lowest BCUT2D eigenvalue weighted by Crippen LogP contribution is -2.50. The number of rotatable bonds is 2. The molecule has 3 rings (SSSR count). The molecular formula is C20H20ClFN2O2. The van der Waals surface area contributed by atoms with E-state index in [2.05, 4.69) is 0 Å². The van der Waals surface area contributed by atoms with Gasteiger partial charge in [-0.05, 0) is 44.2 Å². The van der Waals surface area contributed by atoms with Crippen LogP contribution in [0.2, 0.25) is 5.02 Å². The average molecular weight is 375 g/mol. The molecule has 1 aliphatic rings. The van der Waals surface area contributed by atoms with Gasteiger partial charge in [-0.25, -0.2) is 4.39 Å². The number of hydrogen-bond acceptors (Lipinski definition) is 2. The van der Waals surface area contributed by atoms with Crippen molar-refractivity contribution in [2.24, 2.45) is 0 Å². The molecule has 2 aromatic rings. The summed E-state index contributed by atoms with van der Waals surface area (Å²) in [6, 6.07) is 9.79. The lowest BCUT2D eigenvalue weighted by Gasteiger charge is -2.35. The van der Waals surface area contributed by atoms with Gasteiger partial charge in [0.25, 0.3) is 11.8 Å². The highest BCUT2D eigenvalue weighted by molar-refractivity contribution is 6.30. The molecule has 1 saturated heterocycles. The van der Waals surface area contributed by atoms with Crippen molar-refractivity contribution in [1.82, 2.24) is 9.80 Å². The van der Waals surface area contributed by atoms with Crippen molar-refractivity contribution >= 4 is 23.4 Å². The minimum atomic E-state index is -0.628. The number of aryl methyl sites for hydroxylation is 2. The monoisotopic (exact) mass is 374 g/mol. The molecule has 0 saturated carbocycles. The van der Waals surface area contributed by atoms with Crippen LogP contribution in [0.15, 0.2) is 36.4 Å². The zero-order valence-electron chi connectivity index (χ0n) is 14.8. The fourth-order valence-corrected chi connectivity index (χ4v) is 3.39. The molecular weight excluding hydrogens is 355 g/mol. The van der Waals surface area contributed by atoms with Crippen LogP contribution in [0.3, 0.4) is 0 Å². The molecule has 0 spiro atoms. The number of nitrogens with zero attached hydrogens (tertiary/aromatic N) is 2. The second kappa shape index (κ2) is 7.46. The van der Waals surface area contributed by atoms with Gasteiger partial charge in [-0.2, -0.15) is 0 Å². The van der Waals surface area contributed by atoms with Gasteiger partial charge in [-0.1, -0.05) is 28.8 Å². The van der Waals surface area contributed by atoms with Gasteiger partial charge in [-0.15, -0.1) is 0 Å². The van der Waals surface area contributed by atoms with Crippen LogP contribution in [0.1, 0.15) is 31.8 Å². The van der Waals surface area contributed by atoms with Crippen molar-refractivity contribution in [1.29, 1.82) is 0 Å². The van der Waals surface area contributed by atoms with Crippen LogP contribution in [0.25, 0.3) is 0 Å². The standard InChI is InChI=1S/C20H20ClFN2O2/c1-13-9-14(2)11-15(10-13)19(25)23-5-7-24(8-6-23)20(26)17-4-3-16(21)12-18(17)22/h3-4,9-12H,5-8H2,1-2H3. The van der Waals surface area contributed by atoms with E-state index in [0.717, 1.165) is 17.2 Å². The van der Waals surface area contributed by atoms with E-state index in [1.165, 1.54) is 12.1 Å². The molecule has 0 aliphatic carbocycles. The van der Waals surface area contributed by atoms with Crippen molar-refractivity contribution < 1.29 is 14.0 Å². The van der Waals surface area contributed by atoms with E-state index in [-0.39, 0.29) is 22.4 Å². The first kappa shape index (κ1) is 18.4. The summed E-state index contributed by atoms with van der Waals surface area (Å²) in [5.41, 5.74) is 2.75. The van der Waals surface area contributed by atoms with Gasteiger partial charge in [0.15, 0.2) is 0 Å². The van der Waals surface area contributed by atoms with Crippen LogP contribution < -0.4 is 0 Å². The largest absolute Gasteiger partial charge is 0.335 e. The summed E-state index contributed by atoms with van der Waals surface area (Å²) < 4.78 is 14.0. The summed E-state index contributed by atoms with van der Waals surface area (Å²) in [7, 11) is 0. The molecule has 2 aromatic carbocycles. The third kappa shape index (κ3) is 3.88. The summed E-state index contributed by atoms with van der Waals surface area (Å²) in [5, 5.41) is 0.253. The maximum Gasteiger partial charge on any atom is 0.256 e. The van der Waals surface area contributed by atoms with Crippen LogP contribution in [-0.4, -0.2) is 47.8 Å². The Morgan fingerprint density at radius 2 is 1.42 bits per heavy atom. The van der Waals surface area contributed by atoms with Crippen LogP contribution in [0.4, 0.5) is 4.39 Å². The number of piperazine rings is 1. The number of carbonyl (C=O) groups is 2. The van der Waals surface area contributed by atoms with E-state index in [9.17, 15) is 14.0 Å². The molecule has 2 amide bonds. The van der Waals surface area contributed by atoms with Gasteiger partial charge in [0.1, 0.15) is 5.82 Å². The number of carbonyl (C=O) groups excluding carboxylic acids is 2. The molecule has 0 aromatic heterocycles. The van der Waals surface area contributed by atoms with E-state index in [0.29, 0.717) is 31.7 Å². The third-order valence-electron chi connectivity index (χ3n) is 4.48. The quantitative estimate of drug-likeness (QED) is 0.804. The number of halogens is 2. The van der Waals surface area contributed by atoms with Crippen molar-refractivity contribution in [3.63, 3.8) is 0 Å². The van der Waals surface area contributed by atoms with Crippen molar-refractivity contribution in [2.75, 3.05) is 26.2 Å². The lowest BCUT2D eigenvalue weighted by atomic mass is 10.1. The minimum absolute atomic E-state index is 0.00323. The zero-order chi connectivity index (χ0) is 18.8. The zero-order valence-corrected chi connectivity index (χ0v) is 15.5. The molecule has 1 fully saturated rings. The van der Waals surface area contributed by atoms with Gasteiger partial charge >= 0.3 is 0 Å². The van der Waals surface area contributed by atoms with Gasteiger partial charge < -0.3 is 9.80 Å². The second-order valence-electron chi connectivity index (χ2n) is 6.58. The van der Waals surface area contributed by atoms with Crippen molar-refractivity contribution in [3.8, 4) is 0 Å². The van der Waals surface area contributed by atoms with E-state index >= 15 is 0 Å². The molecule has 0 radical (unpaired) electrons. The maximum atomic E-state index is 14.0. The van der Waals surface area contributed by atoms with Crippen molar-refractivity contribution in [3.05, 3.63) is 69.5 Å². The number of hydrogen-bond donors (Lipinski definition) is 0. The predicted octanol–water partition coefficient (Wildman–Crippen LogP) is 3.69. The number of benzene rings is 2. The van der Waals surface area contributed by atoms with Gasteiger partial charge in [0.2, 0.25) is 0 Å². The summed E-state index contributed by atoms with van der Waals surface area (Å²) in [5.74, 6) is -1.05. The topological polar surface area (TPSA) is 40.6 Å². The van der Waals surface area contributed by atoms with Crippen LogP contribution in [0.5, 0.6) is 0 Å². The van der Waals surface area contributed by atoms with E-state index in [1.807, 2.05) is 32.0 Å². The van der Waals surface area contributed by atoms with E-state index < -0.39 is 5.82 Å². The fourth-order valence-electron chi connectivity index (χ4n) is 3.23. The Bertz CT molecular complexity index is 841. The van der Waals surface area contributed by atoms with Gasteiger partial charge in [0.05, 0.1) is 5.56 Å². The summed E-state index contributed by atoms with van der Waals surface area (Å²) in [6.07, 6.45) is 0. The first-order chi connectivity index (χ1) is 12.3. The fraction of sp³-hybridized carbons (Fsp3) is 0.300. The van der Waals surface area contributed by atoms with Gasteiger partial charge in [0, 0.05) is 36.8 Å². The molecule has 1 heterocycles. The van der Waals surface area contributed by atoms with E-state index in [4.69, 9.17) is 11.6 Å². The van der Waals surface area contributed by atoms with Crippen molar-refractivity contribution in [2.45, 2.75) is 13.8 Å². The molecule has 4 nitrogen and oxygen atoms in total. The Kier molecular flexibility index (Phi) is 5.28. The van der Waals surface area contributed by atoms with Gasteiger partial charge in [-0.3, -0.25) is 9.59 Å². The predicted molar refractivity (Wildman–Crippen MR) is 99.1 cm³/mol. The molecule has 6 heteroatoms. The molecule has 0 unspecified atom stereocenters. The Balaban J connectivity index is 1.67. The molecule has 26 heavy (non-hydrogen) atoms. The Morgan fingerprint density at radius 3 is 1.96 bits per heavy atom. The summed E-state index contributed by atoms with van der Waals surface area (Å²) in [4.78, 5) is 28.5. The highest BCUT2D eigenvalue weighted by atomic mass is 35.5. The SMILES string of the molecule is Cc1cc(C)cc(C(=O)N2CCN(C(=O)c3ccc(Cl)cc3F)CC2)c1. The second-order valence-corrected chi connectivity index (χ2v) is 7.02. The first-order valence-electron chi connectivity index (χ1n) is 8.47. The first-order valence-corrected chi connectivity index (χ1v) is 8.85. The van der Waals surface area contributed by atoms with Crippen LogP contribution >= 0.6 is 11.6 Å². The number of amides is 2. The minimum Gasteiger partial charge on any atom is -0.335 e. The van der Waals surface area contributed by atoms with Crippen LogP contribution in [0, 0.1) is 19.7 Å². The smallest absolute Gasteiger partial charge is 0.256 e. The highest BCUT2D eigenvalue weighted by Gasteiger charge is 2.27. The molecule has 0 N–H and O–H groups in total. The molecule has 0 bridgehead atoms. The normalized spacial score (nSPS) is 14.5. The molecule has 136 valence electrons. The Morgan fingerprint density at radius 1 is 0.885 bits per heavy atom. The Labute approximate surface area is 157 Å². The molecule has 1 aliphatic heterocycles. The average Bonchev–Trinajstić information content (AvgIpc) is 2.60. The van der Waals surface area contributed by atoms with Crippen LogP contribution in [-0.2, 0) is 0 Å². The lowest BCUT2D eigenvalue weighted by molar-refractivity contribution is 0.0532. The molecule has 0 atom stereocenters.